The van der Waals surface area contributed by atoms with Gasteiger partial charge in [0.25, 0.3) is 0 Å². The number of thioether (sulfide) groups is 1. The third-order valence-corrected chi connectivity index (χ3v) is 3.53. The lowest BCUT2D eigenvalue weighted by Crippen LogP contribution is -1.98. The molecule has 3 nitrogen and oxygen atoms in total. The monoisotopic (exact) mass is 231 g/mol. The van der Waals surface area contributed by atoms with E-state index in [1.54, 1.807) is 24.0 Å². The van der Waals surface area contributed by atoms with E-state index in [-0.39, 0.29) is 4.90 Å². The zero-order valence-electron chi connectivity index (χ0n) is 8.39. The lowest BCUT2D eigenvalue weighted by Gasteiger charge is -2.05. The van der Waals surface area contributed by atoms with Crippen molar-refractivity contribution in [1.29, 1.82) is 0 Å². The van der Waals surface area contributed by atoms with Gasteiger partial charge in [-0.05, 0) is 6.07 Å². The minimum atomic E-state index is -3.14. The maximum absolute atomic E-state index is 11.2. The molecule has 0 fully saturated rings. The van der Waals surface area contributed by atoms with Crippen LogP contribution in [0.1, 0.15) is 13.8 Å². The van der Waals surface area contributed by atoms with Crippen molar-refractivity contribution in [2.24, 2.45) is 0 Å². The fourth-order valence-corrected chi connectivity index (χ4v) is 2.47. The fraction of sp³-hybridized carbons (Fsp3) is 0.444. The Hall–Kier alpha value is -0.550. The molecule has 0 aliphatic heterocycles. The molecule has 0 spiro atoms. The Balaban J connectivity index is 3.02. The first-order valence-corrected chi connectivity index (χ1v) is 6.98. The summed E-state index contributed by atoms with van der Waals surface area (Å²) < 4.78 is 22.4. The molecule has 14 heavy (non-hydrogen) atoms. The van der Waals surface area contributed by atoms with Gasteiger partial charge in [-0.3, -0.25) is 4.98 Å². The molecule has 0 aliphatic rings. The lowest BCUT2D eigenvalue weighted by molar-refractivity contribution is 0.601. The molecule has 1 rings (SSSR count). The Morgan fingerprint density at radius 2 is 2.00 bits per heavy atom. The third kappa shape index (κ3) is 3.31. The van der Waals surface area contributed by atoms with Crippen molar-refractivity contribution in [2.75, 3.05) is 6.26 Å². The smallest absolute Gasteiger partial charge is 0.177 e. The first-order chi connectivity index (χ1) is 6.39. The zero-order chi connectivity index (χ0) is 10.8. The summed E-state index contributed by atoms with van der Waals surface area (Å²) in [6.07, 6.45) is 4.24. The molecule has 1 aromatic rings. The molecule has 5 heteroatoms. The first kappa shape index (κ1) is 11.5. The highest BCUT2D eigenvalue weighted by atomic mass is 32.2. The number of hydrogen-bond donors (Lipinski definition) is 0. The molecule has 0 amide bonds. The van der Waals surface area contributed by atoms with Crippen LogP contribution in [0.4, 0.5) is 0 Å². The second-order valence-electron chi connectivity index (χ2n) is 3.30. The van der Waals surface area contributed by atoms with Crippen molar-refractivity contribution in [3.63, 3.8) is 0 Å². The van der Waals surface area contributed by atoms with Gasteiger partial charge in [-0.15, -0.1) is 11.8 Å². The Bertz CT molecular complexity index is 413. The van der Waals surface area contributed by atoms with E-state index in [9.17, 15) is 8.42 Å². The summed E-state index contributed by atoms with van der Waals surface area (Å²) in [5, 5.41) is 0.423. The van der Waals surface area contributed by atoms with E-state index >= 15 is 0 Å². The Morgan fingerprint density at radius 3 is 2.50 bits per heavy atom. The average Bonchev–Trinajstić information content (AvgIpc) is 2.01. The fourth-order valence-electron chi connectivity index (χ4n) is 0.938. The summed E-state index contributed by atoms with van der Waals surface area (Å²) in [5.74, 6) is 0. The molecule has 78 valence electrons. The van der Waals surface area contributed by atoms with Crippen molar-refractivity contribution in [3.8, 4) is 0 Å². The van der Waals surface area contributed by atoms with Crippen molar-refractivity contribution in [1.82, 2.24) is 4.98 Å². The Labute approximate surface area is 88.9 Å². The highest BCUT2D eigenvalue weighted by Gasteiger charge is 2.08. The topological polar surface area (TPSA) is 47.0 Å². The standard InChI is InChI=1S/C9H13NO2S2/c1-7(2)13-8-4-9(6-10-5-8)14(3,11)12/h4-7H,1-3H3. The molecule has 0 N–H and O–H groups in total. The summed E-state index contributed by atoms with van der Waals surface area (Å²) in [5.41, 5.74) is 0. The van der Waals surface area contributed by atoms with E-state index < -0.39 is 9.84 Å². The van der Waals surface area contributed by atoms with Gasteiger partial charge in [0.05, 0.1) is 4.90 Å². The van der Waals surface area contributed by atoms with E-state index in [1.807, 2.05) is 0 Å². The second kappa shape index (κ2) is 4.31. The molecule has 0 aliphatic carbocycles. The summed E-state index contributed by atoms with van der Waals surface area (Å²) in [6, 6.07) is 1.66. The van der Waals surface area contributed by atoms with Crippen LogP contribution in [0.25, 0.3) is 0 Å². The summed E-state index contributed by atoms with van der Waals surface area (Å²) in [7, 11) is -3.14. The average molecular weight is 231 g/mol. The van der Waals surface area contributed by atoms with E-state index in [2.05, 4.69) is 18.8 Å². The summed E-state index contributed by atoms with van der Waals surface area (Å²) in [6.45, 7) is 4.11. The number of hydrogen-bond acceptors (Lipinski definition) is 4. The predicted octanol–water partition coefficient (Wildman–Crippen LogP) is 1.99. The van der Waals surface area contributed by atoms with Crippen LogP contribution in [0.5, 0.6) is 0 Å². The van der Waals surface area contributed by atoms with Crippen LogP contribution >= 0.6 is 11.8 Å². The largest absolute Gasteiger partial charge is 0.262 e. The van der Waals surface area contributed by atoms with Crippen LogP contribution in [0, 0.1) is 0 Å². The van der Waals surface area contributed by atoms with Crippen LogP contribution in [0.15, 0.2) is 28.3 Å². The molecular formula is C9H13NO2S2. The molecule has 0 atom stereocenters. The van der Waals surface area contributed by atoms with Gasteiger partial charge < -0.3 is 0 Å². The zero-order valence-corrected chi connectivity index (χ0v) is 10.0. The maximum atomic E-state index is 11.2. The molecule has 1 heterocycles. The number of pyridine rings is 1. The normalized spacial score (nSPS) is 12.0. The SMILES string of the molecule is CC(C)Sc1cncc(S(C)(=O)=O)c1. The van der Waals surface area contributed by atoms with Gasteiger partial charge in [-0.25, -0.2) is 8.42 Å². The number of nitrogens with zero attached hydrogens (tertiary/aromatic N) is 1. The van der Waals surface area contributed by atoms with E-state index in [1.165, 1.54) is 12.5 Å². The van der Waals surface area contributed by atoms with Crippen molar-refractivity contribution < 1.29 is 8.42 Å². The van der Waals surface area contributed by atoms with E-state index in [0.717, 1.165) is 4.90 Å². The van der Waals surface area contributed by atoms with Gasteiger partial charge in [-0.1, -0.05) is 13.8 Å². The van der Waals surface area contributed by atoms with Crippen LogP contribution in [0.3, 0.4) is 0 Å². The second-order valence-corrected chi connectivity index (χ2v) is 6.96. The van der Waals surface area contributed by atoms with E-state index in [4.69, 9.17) is 0 Å². The van der Waals surface area contributed by atoms with Crippen LogP contribution in [0.2, 0.25) is 0 Å². The minimum Gasteiger partial charge on any atom is -0.262 e. The van der Waals surface area contributed by atoms with Crippen molar-refractivity contribution in [2.45, 2.75) is 28.9 Å². The third-order valence-electron chi connectivity index (χ3n) is 1.49. The number of sulfone groups is 1. The molecule has 0 bridgehead atoms. The van der Waals surface area contributed by atoms with Gasteiger partial charge >= 0.3 is 0 Å². The van der Waals surface area contributed by atoms with Crippen molar-refractivity contribution in [3.05, 3.63) is 18.5 Å². The number of rotatable bonds is 3. The van der Waals surface area contributed by atoms with Crippen molar-refractivity contribution >= 4 is 21.6 Å². The van der Waals surface area contributed by atoms with Gasteiger partial charge in [0, 0.05) is 28.8 Å². The van der Waals surface area contributed by atoms with E-state index in [0.29, 0.717) is 5.25 Å². The summed E-state index contributed by atoms with van der Waals surface area (Å²) in [4.78, 5) is 5.08. The first-order valence-electron chi connectivity index (χ1n) is 4.21. The quantitative estimate of drug-likeness (QED) is 0.746. The molecule has 0 saturated carbocycles. The van der Waals surface area contributed by atoms with Gasteiger partial charge in [0.1, 0.15) is 0 Å². The van der Waals surface area contributed by atoms with Gasteiger partial charge in [-0.2, -0.15) is 0 Å². The number of aromatic nitrogens is 1. The maximum Gasteiger partial charge on any atom is 0.177 e. The predicted molar refractivity (Wildman–Crippen MR) is 58.3 cm³/mol. The molecular weight excluding hydrogens is 218 g/mol. The van der Waals surface area contributed by atoms with Crippen LogP contribution < -0.4 is 0 Å². The highest BCUT2D eigenvalue weighted by molar-refractivity contribution is 8.00. The highest BCUT2D eigenvalue weighted by Crippen LogP contribution is 2.23. The molecule has 0 radical (unpaired) electrons. The Kier molecular flexibility index (Phi) is 3.55. The molecule has 0 saturated heterocycles. The lowest BCUT2D eigenvalue weighted by atomic mass is 10.5. The molecule has 1 aromatic heterocycles. The van der Waals surface area contributed by atoms with Crippen LogP contribution in [-0.4, -0.2) is 24.9 Å². The Morgan fingerprint density at radius 1 is 1.36 bits per heavy atom. The van der Waals surface area contributed by atoms with Crippen LogP contribution in [-0.2, 0) is 9.84 Å². The molecule has 0 unspecified atom stereocenters. The van der Waals surface area contributed by atoms with Gasteiger partial charge in [0.15, 0.2) is 9.84 Å². The summed E-state index contributed by atoms with van der Waals surface area (Å²) >= 11 is 1.60. The molecule has 0 aromatic carbocycles. The van der Waals surface area contributed by atoms with Gasteiger partial charge in [0.2, 0.25) is 0 Å². The minimum absolute atomic E-state index is 0.281.